The predicted octanol–water partition coefficient (Wildman–Crippen LogP) is 3.70. The van der Waals surface area contributed by atoms with Crippen LogP contribution in [-0.4, -0.2) is 43.9 Å². The van der Waals surface area contributed by atoms with E-state index in [0.717, 1.165) is 5.56 Å². The van der Waals surface area contributed by atoms with Gasteiger partial charge in [0.1, 0.15) is 6.61 Å². The summed E-state index contributed by atoms with van der Waals surface area (Å²) in [6, 6.07) is 12.7. The minimum atomic E-state index is -0.844. The van der Waals surface area contributed by atoms with Gasteiger partial charge in [0, 0.05) is 18.2 Å². The number of carbonyl (C=O) groups is 2. The first-order valence-electron chi connectivity index (χ1n) is 10.8. The van der Waals surface area contributed by atoms with E-state index in [0.29, 0.717) is 54.9 Å². The summed E-state index contributed by atoms with van der Waals surface area (Å²) in [7, 11) is 0. The van der Waals surface area contributed by atoms with E-state index in [1.54, 1.807) is 30.3 Å². The molecule has 0 atom stereocenters. The van der Waals surface area contributed by atoms with E-state index < -0.39 is 11.8 Å². The average Bonchev–Trinajstić information content (AvgIpc) is 2.79. The van der Waals surface area contributed by atoms with E-state index in [-0.39, 0.29) is 6.10 Å². The van der Waals surface area contributed by atoms with Crippen molar-refractivity contribution in [2.45, 2.75) is 39.9 Å². The number of nitrogens with one attached hydrogen (secondary N) is 2. The van der Waals surface area contributed by atoms with Crippen molar-refractivity contribution in [3.05, 3.63) is 58.6 Å². The zero-order valence-corrected chi connectivity index (χ0v) is 19.9. The second-order valence-corrected chi connectivity index (χ2v) is 7.72. The van der Waals surface area contributed by atoms with Crippen LogP contribution in [0.5, 0.6) is 11.5 Å². The minimum Gasteiger partial charge on any atom is -0.490 e. The Morgan fingerprint density at radius 3 is 2.52 bits per heavy atom. The van der Waals surface area contributed by atoms with Crippen LogP contribution >= 0.6 is 11.6 Å². The fraction of sp³-hybridized carbons (Fsp3) is 0.375. The molecule has 9 heteroatoms. The Morgan fingerprint density at radius 2 is 1.82 bits per heavy atom. The number of halogens is 1. The van der Waals surface area contributed by atoms with Crippen molar-refractivity contribution in [2.75, 3.05) is 19.8 Å². The molecule has 0 saturated carbocycles. The second-order valence-electron chi connectivity index (χ2n) is 7.28. The standard InChI is InChI=1S/C24H30ClN3O5/c1-4-31-22-14-19(8-11-21(22)33-16-18-6-9-20(25)10-7-18)15-27-28-24(30)23(29)26-12-5-13-32-17(2)3/h6-11,14-15,17H,4-5,12-13,16H2,1-3H3,(H,26,29)(H,28,30)/b27-15-. The summed E-state index contributed by atoms with van der Waals surface area (Å²) >= 11 is 5.91. The smallest absolute Gasteiger partial charge is 0.329 e. The lowest BCUT2D eigenvalue weighted by molar-refractivity contribution is -0.139. The lowest BCUT2D eigenvalue weighted by Crippen LogP contribution is -2.38. The van der Waals surface area contributed by atoms with Crippen LogP contribution in [0.1, 0.15) is 38.3 Å². The number of ether oxygens (including phenoxy) is 3. The quantitative estimate of drug-likeness (QED) is 0.211. The van der Waals surface area contributed by atoms with Gasteiger partial charge in [0.15, 0.2) is 11.5 Å². The van der Waals surface area contributed by atoms with Gasteiger partial charge in [0.25, 0.3) is 0 Å². The van der Waals surface area contributed by atoms with Crippen LogP contribution in [0.3, 0.4) is 0 Å². The summed E-state index contributed by atoms with van der Waals surface area (Å²) in [4.78, 5) is 23.6. The molecule has 0 spiro atoms. The van der Waals surface area contributed by atoms with Crippen molar-refractivity contribution in [3.63, 3.8) is 0 Å². The van der Waals surface area contributed by atoms with Crippen LogP contribution in [0.15, 0.2) is 47.6 Å². The van der Waals surface area contributed by atoms with Gasteiger partial charge in [-0.15, -0.1) is 0 Å². The highest BCUT2D eigenvalue weighted by molar-refractivity contribution is 6.35. The van der Waals surface area contributed by atoms with Gasteiger partial charge >= 0.3 is 11.8 Å². The fourth-order valence-electron chi connectivity index (χ4n) is 2.62. The first-order chi connectivity index (χ1) is 15.9. The molecule has 0 unspecified atom stereocenters. The second kappa shape index (κ2) is 14.1. The van der Waals surface area contributed by atoms with E-state index >= 15 is 0 Å². The normalized spacial score (nSPS) is 10.9. The number of benzene rings is 2. The minimum absolute atomic E-state index is 0.130. The lowest BCUT2D eigenvalue weighted by atomic mass is 10.2. The largest absolute Gasteiger partial charge is 0.490 e. The molecule has 2 aromatic carbocycles. The van der Waals surface area contributed by atoms with Crippen LogP contribution in [-0.2, 0) is 20.9 Å². The zero-order chi connectivity index (χ0) is 24.1. The SMILES string of the molecule is CCOc1cc(/C=N\NC(=O)C(=O)NCCCOC(C)C)ccc1OCc1ccc(Cl)cc1. The summed E-state index contributed by atoms with van der Waals surface area (Å²) in [5.74, 6) is -0.474. The van der Waals surface area contributed by atoms with E-state index in [2.05, 4.69) is 15.8 Å². The maximum atomic E-state index is 11.8. The number of rotatable bonds is 12. The average molecular weight is 476 g/mol. The van der Waals surface area contributed by atoms with Gasteiger partial charge in [-0.3, -0.25) is 9.59 Å². The molecule has 33 heavy (non-hydrogen) atoms. The van der Waals surface area contributed by atoms with Gasteiger partial charge in [-0.2, -0.15) is 5.10 Å². The molecule has 2 rings (SSSR count). The monoisotopic (exact) mass is 475 g/mol. The zero-order valence-electron chi connectivity index (χ0n) is 19.1. The maximum absolute atomic E-state index is 11.8. The molecular formula is C24H30ClN3O5. The molecule has 0 saturated heterocycles. The maximum Gasteiger partial charge on any atom is 0.329 e. The molecule has 0 fully saturated rings. The first kappa shape index (κ1) is 26.2. The highest BCUT2D eigenvalue weighted by atomic mass is 35.5. The number of carbonyl (C=O) groups excluding carboxylic acids is 2. The first-order valence-corrected chi connectivity index (χ1v) is 11.1. The third kappa shape index (κ3) is 9.93. The van der Waals surface area contributed by atoms with Crippen molar-refractivity contribution < 1.29 is 23.8 Å². The highest BCUT2D eigenvalue weighted by Gasteiger charge is 2.12. The molecule has 8 nitrogen and oxygen atoms in total. The van der Waals surface area contributed by atoms with Crippen molar-refractivity contribution >= 4 is 29.6 Å². The van der Waals surface area contributed by atoms with Gasteiger partial charge < -0.3 is 19.5 Å². The van der Waals surface area contributed by atoms with E-state index in [1.165, 1.54) is 6.21 Å². The number of hydrogen-bond donors (Lipinski definition) is 2. The summed E-state index contributed by atoms with van der Waals surface area (Å²) < 4.78 is 16.9. The molecular weight excluding hydrogens is 446 g/mol. The number of amides is 2. The van der Waals surface area contributed by atoms with Crippen LogP contribution in [0.25, 0.3) is 0 Å². The van der Waals surface area contributed by atoms with Crippen molar-refractivity contribution in [1.29, 1.82) is 0 Å². The Balaban J connectivity index is 1.86. The molecule has 0 radical (unpaired) electrons. The summed E-state index contributed by atoms with van der Waals surface area (Å²) in [6.07, 6.45) is 2.17. The van der Waals surface area contributed by atoms with Crippen molar-refractivity contribution in [3.8, 4) is 11.5 Å². The molecule has 178 valence electrons. The Kier molecular flexibility index (Phi) is 11.2. The van der Waals surface area contributed by atoms with Gasteiger partial charge in [0.2, 0.25) is 0 Å². The van der Waals surface area contributed by atoms with Crippen LogP contribution in [0.4, 0.5) is 0 Å². The van der Waals surface area contributed by atoms with E-state index in [9.17, 15) is 9.59 Å². The number of nitrogens with zero attached hydrogens (tertiary/aromatic N) is 1. The Labute approximate surface area is 199 Å². The van der Waals surface area contributed by atoms with Crippen molar-refractivity contribution in [1.82, 2.24) is 10.7 Å². The summed E-state index contributed by atoms with van der Waals surface area (Å²) in [5.41, 5.74) is 3.85. The number of hydrogen-bond acceptors (Lipinski definition) is 6. The predicted molar refractivity (Wildman–Crippen MR) is 128 cm³/mol. The van der Waals surface area contributed by atoms with Crippen LogP contribution in [0, 0.1) is 0 Å². The molecule has 0 bridgehead atoms. The molecule has 2 aromatic rings. The number of hydrazone groups is 1. The van der Waals surface area contributed by atoms with Crippen LogP contribution in [0.2, 0.25) is 5.02 Å². The summed E-state index contributed by atoms with van der Waals surface area (Å²) in [5, 5.41) is 7.03. The lowest BCUT2D eigenvalue weighted by Gasteiger charge is -2.12. The Bertz CT molecular complexity index is 932. The van der Waals surface area contributed by atoms with Crippen molar-refractivity contribution in [2.24, 2.45) is 5.10 Å². The molecule has 0 aliphatic carbocycles. The molecule has 2 N–H and O–H groups in total. The molecule has 0 aliphatic heterocycles. The molecule has 0 aromatic heterocycles. The third-order valence-electron chi connectivity index (χ3n) is 4.22. The fourth-order valence-corrected chi connectivity index (χ4v) is 2.75. The molecule has 2 amide bonds. The van der Waals surface area contributed by atoms with Gasteiger partial charge in [0.05, 0.1) is 18.9 Å². The van der Waals surface area contributed by atoms with Gasteiger partial charge in [-0.05, 0) is 68.7 Å². The van der Waals surface area contributed by atoms with Gasteiger partial charge in [-0.1, -0.05) is 23.7 Å². The van der Waals surface area contributed by atoms with E-state index in [4.69, 9.17) is 25.8 Å². The third-order valence-corrected chi connectivity index (χ3v) is 4.47. The highest BCUT2D eigenvalue weighted by Crippen LogP contribution is 2.29. The Morgan fingerprint density at radius 1 is 1.06 bits per heavy atom. The van der Waals surface area contributed by atoms with Gasteiger partial charge in [-0.25, -0.2) is 5.43 Å². The van der Waals surface area contributed by atoms with Crippen LogP contribution < -0.4 is 20.2 Å². The topological polar surface area (TPSA) is 98.2 Å². The summed E-state index contributed by atoms with van der Waals surface area (Å²) in [6.45, 7) is 7.41. The molecule has 0 aliphatic rings. The molecule has 0 heterocycles. The Hall–Kier alpha value is -3.10. The van der Waals surface area contributed by atoms with E-state index in [1.807, 2.05) is 32.9 Å².